The van der Waals surface area contributed by atoms with E-state index in [2.05, 4.69) is 39.9 Å². The van der Waals surface area contributed by atoms with Crippen LogP contribution in [0.2, 0.25) is 0 Å². The van der Waals surface area contributed by atoms with Crippen LogP contribution in [0.15, 0.2) is 59.6 Å². The maximum atomic E-state index is 5.94. The normalized spacial score (nSPS) is 16.4. The zero-order valence-corrected chi connectivity index (χ0v) is 14.6. The van der Waals surface area contributed by atoms with E-state index in [1.807, 2.05) is 30.3 Å². The lowest BCUT2D eigenvalue weighted by Crippen LogP contribution is -2.45. The highest BCUT2D eigenvalue weighted by atomic mass is 16.6. The largest absolute Gasteiger partial charge is 0.486 e. The number of hydrogen-bond acceptors (Lipinski definition) is 3. The van der Waals surface area contributed by atoms with Gasteiger partial charge in [-0.15, -0.1) is 0 Å². The Morgan fingerprint density at radius 2 is 1.80 bits per heavy atom. The van der Waals surface area contributed by atoms with E-state index >= 15 is 0 Å². The molecule has 1 aliphatic heterocycles. The van der Waals surface area contributed by atoms with Crippen molar-refractivity contribution in [1.29, 1.82) is 0 Å². The van der Waals surface area contributed by atoms with Gasteiger partial charge in [0.1, 0.15) is 12.7 Å². The maximum Gasteiger partial charge on any atom is 0.191 e. The number of ether oxygens (including phenoxy) is 2. The first-order chi connectivity index (χ1) is 12.3. The highest BCUT2D eigenvalue weighted by Crippen LogP contribution is 2.30. The number of nitrogens with zero attached hydrogens (tertiary/aromatic N) is 1. The third-order valence-corrected chi connectivity index (χ3v) is 4.07. The number of guanidine groups is 1. The number of benzene rings is 2. The molecule has 3 rings (SSSR count). The molecule has 5 heteroatoms. The minimum Gasteiger partial charge on any atom is -0.486 e. The number of aliphatic imine (C=N–C) groups is 1. The molecule has 0 aliphatic carbocycles. The van der Waals surface area contributed by atoms with Crippen molar-refractivity contribution < 1.29 is 9.47 Å². The Balaban J connectivity index is 1.37. The molecule has 0 saturated carbocycles. The predicted molar refractivity (Wildman–Crippen MR) is 100 cm³/mol. The molecule has 0 amide bonds. The van der Waals surface area contributed by atoms with Gasteiger partial charge in [-0.3, -0.25) is 4.99 Å². The van der Waals surface area contributed by atoms with Gasteiger partial charge in [-0.2, -0.15) is 0 Å². The molecule has 0 radical (unpaired) electrons. The van der Waals surface area contributed by atoms with E-state index in [1.54, 1.807) is 7.05 Å². The van der Waals surface area contributed by atoms with Crippen molar-refractivity contribution >= 4 is 5.96 Å². The van der Waals surface area contributed by atoms with Gasteiger partial charge in [0.2, 0.25) is 0 Å². The monoisotopic (exact) mass is 339 g/mol. The first-order valence-corrected chi connectivity index (χ1v) is 8.72. The number of nitrogens with one attached hydrogen (secondary N) is 2. The smallest absolute Gasteiger partial charge is 0.191 e. The summed E-state index contributed by atoms with van der Waals surface area (Å²) in [4.78, 5) is 4.26. The number of hydrogen-bond donors (Lipinski definition) is 2. The summed E-state index contributed by atoms with van der Waals surface area (Å²) in [7, 11) is 1.78. The molecular formula is C20H25N3O2. The Morgan fingerprint density at radius 1 is 1.04 bits per heavy atom. The fourth-order valence-electron chi connectivity index (χ4n) is 2.74. The van der Waals surface area contributed by atoms with Gasteiger partial charge in [0.25, 0.3) is 0 Å². The molecule has 1 atom stereocenters. The van der Waals surface area contributed by atoms with Crippen LogP contribution in [0.3, 0.4) is 0 Å². The van der Waals surface area contributed by atoms with Crippen molar-refractivity contribution in [3.05, 3.63) is 60.2 Å². The summed E-state index contributed by atoms with van der Waals surface area (Å²) < 4.78 is 11.7. The van der Waals surface area contributed by atoms with Gasteiger partial charge in [-0.1, -0.05) is 42.5 Å². The zero-order valence-electron chi connectivity index (χ0n) is 14.6. The molecule has 0 saturated heterocycles. The van der Waals surface area contributed by atoms with Crippen molar-refractivity contribution in [3.8, 4) is 11.5 Å². The SMILES string of the molecule is CN=C(NCCCc1ccccc1)NCC1COc2ccccc2O1. The molecule has 0 fully saturated rings. The second kappa shape index (κ2) is 8.97. The lowest BCUT2D eigenvalue weighted by molar-refractivity contribution is 0.0936. The van der Waals surface area contributed by atoms with Crippen LogP contribution < -0.4 is 20.1 Å². The third-order valence-electron chi connectivity index (χ3n) is 4.07. The number of rotatable bonds is 6. The summed E-state index contributed by atoms with van der Waals surface area (Å²) >= 11 is 0. The van der Waals surface area contributed by atoms with Gasteiger partial charge in [0.15, 0.2) is 17.5 Å². The van der Waals surface area contributed by atoms with Crippen molar-refractivity contribution in [3.63, 3.8) is 0 Å². The Labute approximate surface area is 149 Å². The molecule has 2 aromatic rings. The molecule has 1 aliphatic rings. The van der Waals surface area contributed by atoms with Crippen molar-refractivity contribution in [2.45, 2.75) is 18.9 Å². The zero-order chi connectivity index (χ0) is 17.3. The van der Waals surface area contributed by atoms with Crippen molar-refractivity contribution in [1.82, 2.24) is 10.6 Å². The summed E-state index contributed by atoms with van der Waals surface area (Å²) in [5.41, 5.74) is 1.36. The van der Waals surface area contributed by atoms with E-state index in [1.165, 1.54) is 5.56 Å². The minimum atomic E-state index is -0.0298. The van der Waals surface area contributed by atoms with Gasteiger partial charge in [-0.05, 0) is 30.5 Å². The molecule has 0 spiro atoms. The van der Waals surface area contributed by atoms with Gasteiger partial charge in [0, 0.05) is 13.6 Å². The van der Waals surface area contributed by atoms with Gasteiger partial charge >= 0.3 is 0 Å². The molecule has 2 N–H and O–H groups in total. The van der Waals surface area contributed by atoms with E-state index in [9.17, 15) is 0 Å². The number of fused-ring (bicyclic) bond motifs is 1. The summed E-state index contributed by atoms with van der Waals surface area (Å²) in [5.74, 6) is 2.39. The molecular weight excluding hydrogens is 314 g/mol. The summed E-state index contributed by atoms with van der Waals surface area (Å²) in [6.45, 7) is 2.06. The van der Waals surface area contributed by atoms with Crippen LogP contribution in [0, 0.1) is 0 Å². The summed E-state index contributed by atoms with van der Waals surface area (Å²) in [6, 6.07) is 18.3. The van der Waals surface area contributed by atoms with E-state index in [0.717, 1.165) is 36.8 Å². The van der Waals surface area contributed by atoms with Crippen LogP contribution in [0.4, 0.5) is 0 Å². The average molecular weight is 339 g/mol. The van der Waals surface area contributed by atoms with Crippen LogP contribution in [-0.4, -0.2) is 38.8 Å². The standard InChI is InChI=1S/C20H25N3O2/c1-21-20(22-13-7-10-16-8-3-2-4-9-16)23-14-17-15-24-18-11-5-6-12-19(18)25-17/h2-6,8-9,11-12,17H,7,10,13-15H2,1H3,(H2,21,22,23). The molecule has 1 heterocycles. The number of aryl methyl sites for hydroxylation is 1. The highest BCUT2D eigenvalue weighted by Gasteiger charge is 2.20. The van der Waals surface area contributed by atoms with E-state index < -0.39 is 0 Å². The highest BCUT2D eigenvalue weighted by molar-refractivity contribution is 5.79. The third kappa shape index (κ3) is 5.14. The Morgan fingerprint density at radius 3 is 2.60 bits per heavy atom. The number of para-hydroxylation sites is 2. The fourth-order valence-corrected chi connectivity index (χ4v) is 2.74. The van der Waals surface area contributed by atoms with Gasteiger partial charge < -0.3 is 20.1 Å². The van der Waals surface area contributed by atoms with Crippen LogP contribution in [0.1, 0.15) is 12.0 Å². The first kappa shape index (κ1) is 17.1. The Kier molecular flexibility index (Phi) is 6.15. The topological polar surface area (TPSA) is 54.9 Å². The lowest BCUT2D eigenvalue weighted by Gasteiger charge is -2.27. The lowest BCUT2D eigenvalue weighted by atomic mass is 10.1. The predicted octanol–water partition coefficient (Wildman–Crippen LogP) is 2.62. The van der Waals surface area contributed by atoms with Gasteiger partial charge in [0.05, 0.1) is 6.54 Å². The van der Waals surface area contributed by atoms with E-state index in [-0.39, 0.29) is 6.10 Å². The van der Waals surface area contributed by atoms with Crippen LogP contribution in [-0.2, 0) is 6.42 Å². The summed E-state index contributed by atoms with van der Waals surface area (Å²) in [5, 5.41) is 6.64. The second-order valence-corrected chi connectivity index (χ2v) is 5.97. The minimum absolute atomic E-state index is 0.0298. The molecule has 0 aromatic heterocycles. The van der Waals surface area contributed by atoms with Crippen LogP contribution >= 0.6 is 0 Å². The first-order valence-electron chi connectivity index (χ1n) is 8.72. The molecule has 132 valence electrons. The van der Waals surface area contributed by atoms with E-state index in [0.29, 0.717) is 13.2 Å². The molecule has 0 bridgehead atoms. The van der Waals surface area contributed by atoms with Crippen LogP contribution in [0.25, 0.3) is 0 Å². The van der Waals surface area contributed by atoms with Crippen LogP contribution in [0.5, 0.6) is 11.5 Å². The molecule has 25 heavy (non-hydrogen) atoms. The Hall–Kier alpha value is -2.69. The second-order valence-electron chi connectivity index (χ2n) is 5.97. The molecule has 2 aromatic carbocycles. The quantitative estimate of drug-likeness (QED) is 0.483. The fraction of sp³-hybridized carbons (Fsp3) is 0.350. The van der Waals surface area contributed by atoms with Crippen molar-refractivity contribution in [2.24, 2.45) is 4.99 Å². The summed E-state index contributed by atoms with van der Waals surface area (Å²) in [6.07, 6.45) is 2.08. The average Bonchev–Trinajstić information content (AvgIpc) is 2.68. The van der Waals surface area contributed by atoms with Crippen molar-refractivity contribution in [2.75, 3.05) is 26.7 Å². The molecule has 5 nitrogen and oxygen atoms in total. The van der Waals surface area contributed by atoms with Gasteiger partial charge in [-0.25, -0.2) is 0 Å². The van der Waals surface area contributed by atoms with E-state index in [4.69, 9.17) is 9.47 Å². The molecule has 1 unspecified atom stereocenters. The Bertz CT molecular complexity index is 688. The maximum absolute atomic E-state index is 5.94.